The maximum atomic E-state index is 13.7. The van der Waals surface area contributed by atoms with Gasteiger partial charge < -0.3 is 14.4 Å². The molecule has 2 saturated heterocycles. The second kappa shape index (κ2) is 10.00. The van der Waals surface area contributed by atoms with Crippen LogP contribution in [0, 0.1) is 17.7 Å². The fourth-order valence-electron chi connectivity index (χ4n) is 5.59. The summed E-state index contributed by atoms with van der Waals surface area (Å²) in [6.07, 6.45) is -8.20. The SMILES string of the molecule is O=C1C=C(N2C[C@H]3CO[C@H](OCc4cc(C(F)(F)F)cc(C(F)(F)F)c4)[C@@H](c4ccc(F)cc4)[C@@H]3C2)CC1. The van der Waals surface area contributed by atoms with E-state index in [1.165, 1.54) is 12.1 Å². The van der Waals surface area contributed by atoms with Crippen molar-refractivity contribution < 1.29 is 45.0 Å². The van der Waals surface area contributed by atoms with Gasteiger partial charge in [0.15, 0.2) is 12.1 Å². The number of carbonyl (C=O) groups is 1. The fourth-order valence-corrected chi connectivity index (χ4v) is 5.59. The predicted octanol–water partition coefficient (Wildman–Crippen LogP) is 6.31. The molecular weight excluding hydrogens is 519 g/mol. The second-order valence-electron chi connectivity index (χ2n) is 9.94. The molecular formula is C27H24F7NO3. The maximum Gasteiger partial charge on any atom is 0.416 e. The van der Waals surface area contributed by atoms with E-state index in [1.54, 1.807) is 18.2 Å². The Labute approximate surface area is 214 Å². The van der Waals surface area contributed by atoms with E-state index in [0.717, 1.165) is 5.70 Å². The van der Waals surface area contributed by atoms with Crippen molar-refractivity contribution in [2.24, 2.45) is 11.8 Å². The summed E-state index contributed by atoms with van der Waals surface area (Å²) < 4.78 is 105. The van der Waals surface area contributed by atoms with Crippen molar-refractivity contribution in [3.63, 3.8) is 0 Å². The van der Waals surface area contributed by atoms with E-state index in [9.17, 15) is 35.5 Å². The zero-order chi connectivity index (χ0) is 27.2. The summed E-state index contributed by atoms with van der Waals surface area (Å²) in [6.45, 7) is 0.921. The summed E-state index contributed by atoms with van der Waals surface area (Å²) in [7, 11) is 0. The molecule has 2 fully saturated rings. The molecule has 2 aromatic rings. The number of hydrogen-bond acceptors (Lipinski definition) is 4. The Morgan fingerprint density at radius 3 is 2.16 bits per heavy atom. The largest absolute Gasteiger partial charge is 0.416 e. The topological polar surface area (TPSA) is 38.8 Å². The van der Waals surface area contributed by atoms with E-state index in [-0.39, 0.29) is 35.9 Å². The van der Waals surface area contributed by atoms with Crippen LogP contribution < -0.4 is 0 Å². The molecule has 0 amide bonds. The summed E-state index contributed by atoms with van der Waals surface area (Å²) in [5, 5.41) is 0. The summed E-state index contributed by atoms with van der Waals surface area (Å²) in [6, 6.07) is 7.06. The van der Waals surface area contributed by atoms with Crippen molar-refractivity contribution in [3.05, 3.63) is 82.3 Å². The van der Waals surface area contributed by atoms with Crippen LogP contribution >= 0.6 is 0 Å². The highest BCUT2D eigenvalue weighted by Crippen LogP contribution is 2.45. The first-order valence-corrected chi connectivity index (χ1v) is 12.1. The van der Waals surface area contributed by atoms with Crippen LogP contribution in [-0.2, 0) is 33.2 Å². The first-order chi connectivity index (χ1) is 17.9. The van der Waals surface area contributed by atoms with Crippen LogP contribution in [0.4, 0.5) is 30.7 Å². The van der Waals surface area contributed by atoms with Crippen LogP contribution in [0.2, 0.25) is 0 Å². The number of carbonyl (C=O) groups excluding carboxylic acids is 1. The van der Waals surface area contributed by atoms with Gasteiger partial charge in [-0.15, -0.1) is 0 Å². The molecule has 4 nitrogen and oxygen atoms in total. The monoisotopic (exact) mass is 543 g/mol. The minimum absolute atomic E-state index is 0.0481. The molecule has 11 heteroatoms. The van der Waals surface area contributed by atoms with Crippen LogP contribution in [0.25, 0.3) is 0 Å². The van der Waals surface area contributed by atoms with Crippen molar-refractivity contribution >= 4 is 5.78 Å². The van der Waals surface area contributed by atoms with Gasteiger partial charge in [-0.25, -0.2) is 4.39 Å². The Bertz CT molecular complexity index is 1190. The standard InChI is InChI=1S/C27H24F7NO3/c28-20-3-1-16(2-4-20)24-23-12-35(21-5-6-22(36)10-21)11-17(23)14-38-25(24)37-13-15-7-18(26(29,30)31)9-19(8-15)27(32,33)34/h1-4,7-10,17,23-25H,5-6,11-14H2/t17-,23+,24-,25-/m0/s1. The van der Waals surface area contributed by atoms with Crippen molar-refractivity contribution in [2.45, 2.75) is 44.0 Å². The number of benzene rings is 2. The summed E-state index contributed by atoms with van der Waals surface area (Å²) >= 11 is 0. The lowest BCUT2D eigenvalue weighted by Gasteiger charge is -2.39. The van der Waals surface area contributed by atoms with Crippen LogP contribution in [0.5, 0.6) is 0 Å². The van der Waals surface area contributed by atoms with Gasteiger partial charge in [0, 0.05) is 43.1 Å². The number of ketones is 1. The zero-order valence-corrected chi connectivity index (χ0v) is 20.0. The maximum absolute atomic E-state index is 13.7. The zero-order valence-electron chi connectivity index (χ0n) is 20.0. The molecule has 2 aliphatic heterocycles. The molecule has 1 aliphatic carbocycles. The van der Waals surface area contributed by atoms with E-state index in [4.69, 9.17) is 9.47 Å². The normalized spacial score (nSPS) is 26.0. The van der Waals surface area contributed by atoms with Gasteiger partial charge in [-0.1, -0.05) is 12.1 Å². The average molecular weight is 543 g/mol. The molecule has 204 valence electrons. The van der Waals surface area contributed by atoms with Crippen molar-refractivity contribution in [1.29, 1.82) is 0 Å². The number of rotatable bonds is 5. The van der Waals surface area contributed by atoms with Gasteiger partial charge in [0.1, 0.15) is 5.82 Å². The third-order valence-electron chi connectivity index (χ3n) is 7.40. The van der Waals surface area contributed by atoms with E-state index in [1.807, 2.05) is 0 Å². The van der Waals surface area contributed by atoms with Gasteiger partial charge in [0.25, 0.3) is 0 Å². The van der Waals surface area contributed by atoms with Gasteiger partial charge in [-0.05, 0) is 53.8 Å². The van der Waals surface area contributed by atoms with Crippen LogP contribution in [-0.4, -0.2) is 36.7 Å². The summed E-state index contributed by atoms with van der Waals surface area (Å²) in [4.78, 5) is 13.9. The molecule has 0 spiro atoms. The van der Waals surface area contributed by atoms with E-state index >= 15 is 0 Å². The molecule has 0 radical (unpaired) electrons. The molecule has 5 rings (SSSR count). The minimum Gasteiger partial charge on any atom is -0.374 e. The first kappa shape index (κ1) is 26.7. The Hall–Kier alpha value is -2.92. The van der Waals surface area contributed by atoms with E-state index in [0.29, 0.717) is 43.6 Å². The smallest absolute Gasteiger partial charge is 0.374 e. The second-order valence-corrected chi connectivity index (χ2v) is 9.94. The number of allylic oxidation sites excluding steroid dienone is 2. The number of likely N-dealkylation sites (tertiary alicyclic amines) is 1. The Morgan fingerprint density at radius 1 is 0.921 bits per heavy atom. The van der Waals surface area contributed by atoms with E-state index in [2.05, 4.69) is 4.90 Å². The van der Waals surface area contributed by atoms with Gasteiger partial charge in [0.05, 0.1) is 24.3 Å². The van der Waals surface area contributed by atoms with Crippen molar-refractivity contribution in [2.75, 3.05) is 19.7 Å². The van der Waals surface area contributed by atoms with Crippen molar-refractivity contribution in [1.82, 2.24) is 4.90 Å². The molecule has 0 bridgehead atoms. The number of fused-ring (bicyclic) bond motifs is 1. The lowest BCUT2D eigenvalue weighted by Crippen LogP contribution is -2.41. The van der Waals surface area contributed by atoms with Crippen LogP contribution in [0.1, 0.15) is 41.0 Å². The highest BCUT2D eigenvalue weighted by molar-refractivity contribution is 5.92. The fraction of sp³-hybridized carbons (Fsp3) is 0.444. The third kappa shape index (κ3) is 5.58. The lowest BCUT2D eigenvalue weighted by molar-refractivity contribution is -0.203. The lowest BCUT2D eigenvalue weighted by atomic mass is 9.77. The van der Waals surface area contributed by atoms with Gasteiger partial charge in [0.2, 0.25) is 0 Å². The average Bonchev–Trinajstić information content (AvgIpc) is 3.48. The number of alkyl halides is 6. The number of ether oxygens (including phenoxy) is 2. The van der Waals surface area contributed by atoms with Crippen molar-refractivity contribution in [3.8, 4) is 0 Å². The molecule has 0 N–H and O–H groups in total. The number of nitrogens with zero attached hydrogens (tertiary/aromatic N) is 1. The molecule has 0 unspecified atom stereocenters. The van der Waals surface area contributed by atoms with Gasteiger partial charge in [-0.2, -0.15) is 26.3 Å². The molecule has 2 heterocycles. The highest BCUT2D eigenvalue weighted by Gasteiger charge is 2.47. The number of halogens is 7. The Morgan fingerprint density at radius 2 is 1.58 bits per heavy atom. The van der Waals surface area contributed by atoms with E-state index < -0.39 is 48.1 Å². The minimum atomic E-state index is -4.97. The molecule has 4 atom stereocenters. The molecule has 3 aliphatic rings. The predicted molar refractivity (Wildman–Crippen MR) is 121 cm³/mol. The van der Waals surface area contributed by atoms with Gasteiger partial charge >= 0.3 is 12.4 Å². The molecule has 2 aromatic carbocycles. The Kier molecular flexibility index (Phi) is 7.02. The first-order valence-electron chi connectivity index (χ1n) is 12.1. The Balaban J connectivity index is 1.41. The van der Waals surface area contributed by atoms with Crippen LogP contribution in [0.15, 0.2) is 54.2 Å². The van der Waals surface area contributed by atoms with Crippen LogP contribution in [0.3, 0.4) is 0 Å². The number of hydrogen-bond donors (Lipinski definition) is 0. The molecule has 0 aromatic heterocycles. The van der Waals surface area contributed by atoms with Gasteiger partial charge in [-0.3, -0.25) is 4.79 Å². The highest BCUT2D eigenvalue weighted by atomic mass is 19.4. The summed E-state index contributed by atoms with van der Waals surface area (Å²) in [5.41, 5.74) is -1.51. The summed E-state index contributed by atoms with van der Waals surface area (Å²) in [5.74, 6) is -0.854. The quantitative estimate of drug-likeness (QED) is 0.414. The molecule has 38 heavy (non-hydrogen) atoms. The third-order valence-corrected chi connectivity index (χ3v) is 7.40. The molecule has 0 saturated carbocycles.